The van der Waals surface area contributed by atoms with Gasteiger partial charge in [0.05, 0.1) is 11.7 Å². The number of pyridine rings is 2. The monoisotopic (exact) mass is 269 g/mol. The summed E-state index contributed by atoms with van der Waals surface area (Å²) in [5, 5.41) is 9.30. The van der Waals surface area contributed by atoms with Crippen molar-refractivity contribution in [1.29, 1.82) is 0 Å². The van der Waals surface area contributed by atoms with Crippen LogP contribution in [0.15, 0.2) is 42.7 Å². The largest absolute Gasteiger partial charge is 0.478 e. The molecule has 3 rings (SSSR count). The van der Waals surface area contributed by atoms with E-state index in [0.717, 1.165) is 25.1 Å². The lowest BCUT2D eigenvalue weighted by Crippen LogP contribution is -2.26. The second-order valence-corrected chi connectivity index (χ2v) is 4.79. The molecule has 1 N–H and O–H groups in total. The van der Waals surface area contributed by atoms with Crippen LogP contribution in [0.1, 0.15) is 34.9 Å². The van der Waals surface area contributed by atoms with E-state index in [9.17, 15) is 9.90 Å². The van der Waals surface area contributed by atoms with Gasteiger partial charge in [-0.2, -0.15) is 0 Å². The van der Waals surface area contributed by atoms with Crippen LogP contribution in [0, 0.1) is 0 Å². The Morgan fingerprint density at radius 3 is 2.80 bits per heavy atom. The van der Waals surface area contributed by atoms with E-state index >= 15 is 0 Å². The standard InChI is InChI=1S/C15H15N3O2/c19-15(20)11-5-3-9-17-14(11)18-10-4-7-13(18)12-6-1-2-8-16-12/h1-3,5-6,8-9,13H,4,7,10H2,(H,19,20). The van der Waals surface area contributed by atoms with E-state index in [1.165, 1.54) is 0 Å². The maximum absolute atomic E-state index is 11.3. The zero-order chi connectivity index (χ0) is 13.9. The third-order valence-corrected chi connectivity index (χ3v) is 3.57. The Kier molecular flexibility index (Phi) is 3.33. The fourth-order valence-electron chi connectivity index (χ4n) is 2.69. The summed E-state index contributed by atoms with van der Waals surface area (Å²) in [5.74, 6) is -0.409. The molecule has 0 amide bonds. The van der Waals surface area contributed by atoms with Crippen molar-refractivity contribution in [2.45, 2.75) is 18.9 Å². The molecule has 0 radical (unpaired) electrons. The minimum atomic E-state index is -0.945. The quantitative estimate of drug-likeness (QED) is 0.927. The molecule has 1 atom stereocenters. The summed E-state index contributed by atoms with van der Waals surface area (Å²) in [7, 11) is 0. The van der Waals surface area contributed by atoms with Gasteiger partial charge in [0.25, 0.3) is 0 Å². The molecule has 1 saturated heterocycles. The maximum atomic E-state index is 11.3. The van der Waals surface area contributed by atoms with E-state index < -0.39 is 5.97 Å². The normalized spacial score (nSPS) is 18.2. The molecular weight excluding hydrogens is 254 g/mol. The van der Waals surface area contributed by atoms with Crippen molar-refractivity contribution in [3.8, 4) is 0 Å². The molecular formula is C15H15N3O2. The van der Waals surface area contributed by atoms with Gasteiger partial charge in [0.1, 0.15) is 11.4 Å². The van der Waals surface area contributed by atoms with Gasteiger partial charge in [-0.05, 0) is 37.1 Å². The SMILES string of the molecule is O=C(O)c1cccnc1N1CCCC1c1ccccn1. The first-order valence-corrected chi connectivity index (χ1v) is 6.63. The second-order valence-electron chi connectivity index (χ2n) is 4.79. The third kappa shape index (κ3) is 2.22. The first-order valence-electron chi connectivity index (χ1n) is 6.63. The highest BCUT2D eigenvalue weighted by Crippen LogP contribution is 2.35. The van der Waals surface area contributed by atoms with Crippen molar-refractivity contribution in [2.24, 2.45) is 0 Å². The van der Waals surface area contributed by atoms with E-state index in [1.54, 1.807) is 24.5 Å². The lowest BCUT2D eigenvalue weighted by Gasteiger charge is -2.26. The number of carbonyl (C=O) groups is 1. The van der Waals surface area contributed by atoms with Crippen molar-refractivity contribution in [2.75, 3.05) is 11.4 Å². The van der Waals surface area contributed by atoms with Crippen LogP contribution in [0.5, 0.6) is 0 Å². The number of carboxylic acids is 1. The van der Waals surface area contributed by atoms with Crippen molar-refractivity contribution >= 4 is 11.8 Å². The predicted molar refractivity (Wildman–Crippen MR) is 74.8 cm³/mol. The average Bonchev–Trinajstić information content (AvgIpc) is 2.97. The fourth-order valence-corrected chi connectivity index (χ4v) is 2.69. The molecule has 1 fully saturated rings. The summed E-state index contributed by atoms with van der Waals surface area (Å²) >= 11 is 0. The summed E-state index contributed by atoms with van der Waals surface area (Å²) in [4.78, 5) is 22.1. The molecule has 1 aliphatic heterocycles. The van der Waals surface area contributed by atoms with Gasteiger partial charge in [-0.3, -0.25) is 4.98 Å². The Balaban J connectivity index is 1.99. The topological polar surface area (TPSA) is 66.3 Å². The molecule has 2 aromatic rings. The Hall–Kier alpha value is -2.43. The molecule has 1 unspecified atom stereocenters. The molecule has 0 bridgehead atoms. The van der Waals surface area contributed by atoms with Gasteiger partial charge in [0.2, 0.25) is 0 Å². The van der Waals surface area contributed by atoms with Crippen LogP contribution in [0.4, 0.5) is 5.82 Å². The highest BCUT2D eigenvalue weighted by molar-refractivity contribution is 5.93. The van der Waals surface area contributed by atoms with Crippen LogP contribution in [0.3, 0.4) is 0 Å². The van der Waals surface area contributed by atoms with Gasteiger partial charge in [-0.1, -0.05) is 6.07 Å². The number of aromatic nitrogens is 2. The van der Waals surface area contributed by atoms with Gasteiger partial charge in [0.15, 0.2) is 0 Å². The van der Waals surface area contributed by atoms with Crippen LogP contribution in [0.25, 0.3) is 0 Å². The lowest BCUT2D eigenvalue weighted by molar-refractivity contribution is 0.0697. The Morgan fingerprint density at radius 1 is 1.20 bits per heavy atom. The molecule has 0 aliphatic carbocycles. The highest BCUT2D eigenvalue weighted by atomic mass is 16.4. The zero-order valence-corrected chi connectivity index (χ0v) is 10.9. The number of carboxylic acid groups (broad SMARTS) is 1. The van der Waals surface area contributed by atoms with Crippen molar-refractivity contribution < 1.29 is 9.90 Å². The average molecular weight is 269 g/mol. The first-order chi connectivity index (χ1) is 9.77. The predicted octanol–water partition coefficient (Wildman–Crippen LogP) is 2.52. The van der Waals surface area contributed by atoms with E-state index in [-0.39, 0.29) is 11.6 Å². The lowest BCUT2D eigenvalue weighted by atomic mass is 10.1. The van der Waals surface area contributed by atoms with Crippen LogP contribution < -0.4 is 4.90 Å². The van der Waals surface area contributed by atoms with E-state index in [4.69, 9.17) is 0 Å². The van der Waals surface area contributed by atoms with Crippen molar-refractivity contribution in [3.63, 3.8) is 0 Å². The van der Waals surface area contributed by atoms with Crippen LogP contribution in [-0.4, -0.2) is 27.6 Å². The number of hydrogen-bond acceptors (Lipinski definition) is 4. The number of anilines is 1. The Morgan fingerprint density at radius 2 is 2.05 bits per heavy atom. The minimum Gasteiger partial charge on any atom is -0.478 e. The molecule has 1 aliphatic rings. The molecule has 20 heavy (non-hydrogen) atoms. The molecule has 0 spiro atoms. The highest BCUT2D eigenvalue weighted by Gasteiger charge is 2.30. The number of rotatable bonds is 3. The fraction of sp³-hybridized carbons (Fsp3) is 0.267. The number of aromatic carboxylic acids is 1. The number of nitrogens with zero attached hydrogens (tertiary/aromatic N) is 3. The van der Waals surface area contributed by atoms with Crippen LogP contribution in [-0.2, 0) is 0 Å². The molecule has 5 heteroatoms. The van der Waals surface area contributed by atoms with Crippen LogP contribution in [0.2, 0.25) is 0 Å². The third-order valence-electron chi connectivity index (χ3n) is 3.57. The maximum Gasteiger partial charge on any atom is 0.339 e. The zero-order valence-electron chi connectivity index (χ0n) is 10.9. The molecule has 3 heterocycles. The Bertz CT molecular complexity index is 616. The van der Waals surface area contributed by atoms with E-state index in [1.807, 2.05) is 23.1 Å². The van der Waals surface area contributed by atoms with Crippen LogP contribution >= 0.6 is 0 Å². The van der Waals surface area contributed by atoms with E-state index in [2.05, 4.69) is 9.97 Å². The smallest absolute Gasteiger partial charge is 0.339 e. The number of hydrogen-bond donors (Lipinski definition) is 1. The van der Waals surface area contributed by atoms with Gasteiger partial charge >= 0.3 is 5.97 Å². The molecule has 0 saturated carbocycles. The van der Waals surface area contributed by atoms with E-state index in [0.29, 0.717) is 5.82 Å². The second kappa shape index (κ2) is 5.28. The van der Waals surface area contributed by atoms with Gasteiger partial charge < -0.3 is 10.0 Å². The molecule has 0 aromatic carbocycles. The summed E-state index contributed by atoms with van der Waals surface area (Å²) in [6.07, 6.45) is 5.38. The van der Waals surface area contributed by atoms with Crippen molar-refractivity contribution in [1.82, 2.24) is 9.97 Å². The minimum absolute atomic E-state index is 0.101. The molecule has 2 aromatic heterocycles. The molecule has 5 nitrogen and oxygen atoms in total. The van der Waals surface area contributed by atoms with Crippen molar-refractivity contribution in [3.05, 3.63) is 54.0 Å². The van der Waals surface area contributed by atoms with Gasteiger partial charge in [-0.25, -0.2) is 9.78 Å². The summed E-state index contributed by atoms with van der Waals surface area (Å²) in [6.45, 7) is 0.804. The Labute approximate surface area is 116 Å². The summed E-state index contributed by atoms with van der Waals surface area (Å²) < 4.78 is 0. The van der Waals surface area contributed by atoms with Gasteiger partial charge in [0, 0.05) is 18.9 Å². The summed E-state index contributed by atoms with van der Waals surface area (Å²) in [6, 6.07) is 9.16. The van der Waals surface area contributed by atoms with Gasteiger partial charge in [-0.15, -0.1) is 0 Å². The molecule has 102 valence electrons. The first kappa shape index (κ1) is 12.6. The summed E-state index contributed by atoms with van der Waals surface area (Å²) in [5.41, 5.74) is 1.21.